The van der Waals surface area contributed by atoms with Gasteiger partial charge >= 0.3 is 0 Å². The number of hydrogen-bond donors (Lipinski definition) is 0. The molecule has 1 aliphatic carbocycles. The molecule has 2 aliphatic rings. The molecule has 0 saturated heterocycles. The minimum atomic E-state index is -0.347. The van der Waals surface area contributed by atoms with Gasteiger partial charge in [-0.1, -0.05) is 0 Å². The SMILES string of the molecule is COc1ccc(N=C2C=C3C(=Nc4ccc(OC)cc4N3c3ccc(OC)cc3)C(=O)C2=Nc2ccc(OC)cc2)cc1. The van der Waals surface area contributed by atoms with E-state index in [1.165, 1.54) is 0 Å². The van der Waals surface area contributed by atoms with E-state index in [0.29, 0.717) is 51.5 Å². The van der Waals surface area contributed by atoms with Crippen LogP contribution >= 0.6 is 0 Å². The molecule has 0 amide bonds. The number of ketones is 1. The lowest BCUT2D eigenvalue weighted by molar-refractivity contribution is -0.107. The van der Waals surface area contributed by atoms with Crippen LogP contribution in [0.3, 0.4) is 0 Å². The second-order valence-electron chi connectivity index (χ2n) is 9.56. The molecule has 4 aromatic carbocycles. The zero-order chi connectivity index (χ0) is 29.9. The molecule has 43 heavy (non-hydrogen) atoms. The maximum absolute atomic E-state index is 14.3. The van der Waals surface area contributed by atoms with Crippen molar-refractivity contribution in [3.05, 3.63) is 103 Å². The average Bonchev–Trinajstić information content (AvgIpc) is 3.06. The summed E-state index contributed by atoms with van der Waals surface area (Å²) in [7, 11) is 6.44. The molecule has 0 saturated carbocycles. The number of hydrogen-bond acceptors (Lipinski definition) is 9. The fraction of sp³-hybridized carbons (Fsp3) is 0.118. The van der Waals surface area contributed by atoms with Gasteiger partial charge in [0.15, 0.2) is 0 Å². The first-order valence-electron chi connectivity index (χ1n) is 13.4. The maximum atomic E-state index is 14.3. The van der Waals surface area contributed by atoms with Crippen molar-refractivity contribution in [3.63, 3.8) is 0 Å². The summed E-state index contributed by atoms with van der Waals surface area (Å²) < 4.78 is 21.5. The van der Waals surface area contributed by atoms with Gasteiger partial charge in [-0.3, -0.25) is 4.79 Å². The molecular weight excluding hydrogens is 544 g/mol. The van der Waals surface area contributed by atoms with E-state index < -0.39 is 0 Å². The molecule has 0 aromatic heterocycles. The van der Waals surface area contributed by atoms with Crippen LogP contribution < -0.4 is 23.8 Å². The molecule has 0 bridgehead atoms. The number of benzene rings is 4. The Morgan fingerprint density at radius 3 is 1.70 bits per heavy atom. The van der Waals surface area contributed by atoms with Gasteiger partial charge in [0.1, 0.15) is 34.4 Å². The lowest BCUT2D eigenvalue weighted by atomic mass is 9.93. The average molecular weight is 573 g/mol. The molecule has 9 heteroatoms. The molecule has 0 unspecified atom stereocenters. The minimum absolute atomic E-state index is 0.176. The Balaban J connectivity index is 1.57. The van der Waals surface area contributed by atoms with Crippen LogP contribution in [-0.4, -0.2) is 51.4 Å². The molecule has 9 nitrogen and oxygen atoms in total. The van der Waals surface area contributed by atoms with Gasteiger partial charge in [-0.15, -0.1) is 0 Å². The topological polar surface area (TPSA) is 94.3 Å². The predicted octanol–water partition coefficient (Wildman–Crippen LogP) is 6.96. The number of methoxy groups -OCH3 is 4. The standard InChI is InChI=1S/C34H28N4O5/c1-40-24-11-5-21(6-12-24)35-29-20-31-33(34(39)32(29)36-22-7-13-25(41-2)14-8-22)37-28-18-17-27(43-4)19-30(28)38(31)23-9-15-26(42-3)16-10-23/h5-20H,1-4H3. The Morgan fingerprint density at radius 1 is 0.628 bits per heavy atom. The van der Waals surface area contributed by atoms with Crippen LogP contribution in [0.4, 0.5) is 28.4 Å². The molecule has 214 valence electrons. The normalized spacial score (nSPS) is 15.8. The largest absolute Gasteiger partial charge is 0.497 e. The van der Waals surface area contributed by atoms with E-state index in [2.05, 4.69) is 0 Å². The number of Topliss-reactive ketones (excluding diaryl/α,β-unsaturated/α-hetero) is 1. The van der Waals surface area contributed by atoms with Gasteiger partial charge in [0, 0.05) is 11.8 Å². The van der Waals surface area contributed by atoms with Gasteiger partial charge in [0.25, 0.3) is 0 Å². The number of carbonyl (C=O) groups excluding carboxylic acids is 1. The fourth-order valence-electron chi connectivity index (χ4n) is 4.83. The molecule has 1 aliphatic heterocycles. The third-order valence-electron chi connectivity index (χ3n) is 7.05. The van der Waals surface area contributed by atoms with Crippen molar-refractivity contribution in [2.75, 3.05) is 33.3 Å². The van der Waals surface area contributed by atoms with E-state index in [1.54, 1.807) is 52.7 Å². The smallest absolute Gasteiger partial charge is 0.234 e. The summed E-state index contributed by atoms with van der Waals surface area (Å²) in [4.78, 5) is 30.7. The van der Waals surface area contributed by atoms with E-state index in [9.17, 15) is 4.79 Å². The van der Waals surface area contributed by atoms with Crippen molar-refractivity contribution in [1.82, 2.24) is 0 Å². The van der Waals surface area contributed by atoms with Crippen molar-refractivity contribution in [2.45, 2.75) is 0 Å². The quantitative estimate of drug-likeness (QED) is 0.238. The van der Waals surface area contributed by atoms with Crippen molar-refractivity contribution >= 4 is 51.4 Å². The Kier molecular flexibility index (Phi) is 7.44. The molecule has 0 spiro atoms. The number of fused-ring (bicyclic) bond motifs is 2. The monoisotopic (exact) mass is 572 g/mol. The number of ether oxygens (including phenoxy) is 4. The van der Waals surface area contributed by atoms with Crippen LogP contribution in [0.2, 0.25) is 0 Å². The van der Waals surface area contributed by atoms with Crippen LogP contribution in [0.25, 0.3) is 0 Å². The van der Waals surface area contributed by atoms with Crippen LogP contribution in [0.5, 0.6) is 23.0 Å². The molecule has 4 aromatic rings. The first kappa shape index (κ1) is 27.5. The number of nitrogens with zero attached hydrogens (tertiary/aromatic N) is 4. The molecule has 0 atom stereocenters. The Labute approximate surface area is 249 Å². The summed E-state index contributed by atoms with van der Waals surface area (Å²) in [6.07, 6.45) is 1.85. The highest BCUT2D eigenvalue weighted by Gasteiger charge is 2.38. The van der Waals surface area contributed by atoms with Gasteiger partial charge in [0.2, 0.25) is 5.78 Å². The van der Waals surface area contributed by atoms with Crippen molar-refractivity contribution in [2.24, 2.45) is 15.0 Å². The Hall–Kier alpha value is -5.70. The van der Waals surface area contributed by atoms with Gasteiger partial charge in [-0.05, 0) is 91.0 Å². The van der Waals surface area contributed by atoms with Crippen LogP contribution in [-0.2, 0) is 4.79 Å². The lowest BCUT2D eigenvalue weighted by Crippen LogP contribution is -2.41. The summed E-state index contributed by atoms with van der Waals surface area (Å²) >= 11 is 0. The highest BCUT2D eigenvalue weighted by atomic mass is 16.5. The third kappa shape index (κ3) is 5.36. The fourth-order valence-corrected chi connectivity index (χ4v) is 4.83. The highest BCUT2D eigenvalue weighted by molar-refractivity contribution is 6.87. The Bertz CT molecular complexity index is 1810. The van der Waals surface area contributed by atoms with Gasteiger partial charge < -0.3 is 23.8 Å². The van der Waals surface area contributed by atoms with E-state index in [4.69, 9.17) is 33.9 Å². The maximum Gasteiger partial charge on any atom is 0.234 e. The number of allylic oxidation sites excluding steroid dienone is 2. The number of rotatable bonds is 7. The van der Waals surface area contributed by atoms with Crippen LogP contribution in [0.1, 0.15) is 0 Å². The predicted molar refractivity (Wildman–Crippen MR) is 168 cm³/mol. The van der Waals surface area contributed by atoms with E-state index in [-0.39, 0.29) is 17.2 Å². The second kappa shape index (κ2) is 11.7. The summed E-state index contributed by atoms with van der Waals surface area (Å²) in [6, 6.07) is 27.6. The third-order valence-corrected chi connectivity index (χ3v) is 7.05. The first-order valence-corrected chi connectivity index (χ1v) is 13.4. The lowest BCUT2D eigenvalue weighted by Gasteiger charge is -2.34. The molecule has 6 rings (SSSR count). The molecule has 0 radical (unpaired) electrons. The number of carbonyl (C=O) groups is 1. The van der Waals surface area contributed by atoms with E-state index in [0.717, 1.165) is 11.4 Å². The van der Waals surface area contributed by atoms with Gasteiger partial charge in [-0.2, -0.15) is 0 Å². The Morgan fingerprint density at radius 2 is 1.14 bits per heavy atom. The first-order chi connectivity index (χ1) is 21.0. The molecule has 0 fully saturated rings. The molecule has 1 heterocycles. The zero-order valence-corrected chi connectivity index (χ0v) is 24.1. The summed E-state index contributed by atoms with van der Waals surface area (Å²) in [5.41, 5.74) is 4.80. The summed E-state index contributed by atoms with van der Waals surface area (Å²) in [6.45, 7) is 0. The zero-order valence-electron chi connectivity index (χ0n) is 24.1. The van der Waals surface area contributed by atoms with Crippen molar-refractivity contribution < 1.29 is 23.7 Å². The number of aliphatic imine (C=N–C) groups is 3. The van der Waals surface area contributed by atoms with Crippen molar-refractivity contribution in [3.8, 4) is 23.0 Å². The van der Waals surface area contributed by atoms with E-state index >= 15 is 0 Å². The summed E-state index contributed by atoms with van der Waals surface area (Å²) in [5.74, 6) is 2.41. The molecular formula is C34H28N4O5. The highest BCUT2D eigenvalue weighted by Crippen LogP contribution is 2.44. The van der Waals surface area contributed by atoms with Gasteiger partial charge in [0.05, 0.1) is 62.6 Å². The second-order valence-corrected chi connectivity index (χ2v) is 9.56. The summed E-state index contributed by atoms with van der Waals surface area (Å²) in [5, 5.41) is 0. The van der Waals surface area contributed by atoms with E-state index in [1.807, 2.05) is 77.7 Å². The van der Waals surface area contributed by atoms with Crippen LogP contribution in [0.15, 0.2) is 118 Å². The van der Waals surface area contributed by atoms with Gasteiger partial charge in [-0.25, -0.2) is 15.0 Å². The molecule has 0 N–H and O–H groups in total. The number of anilines is 2. The van der Waals surface area contributed by atoms with Crippen LogP contribution in [0, 0.1) is 0 Å². The minimum Gasteiger partial charge on any atom is -0.497 e. The van der Waals surface area contributed by atoms with Crippen molar-refractivity contribution in [1.29, 1.82) is 0 Å².